The van der Waals surface area contributed by atoms with Gasteiger partial charge in [0, 0.05) is 47.3 Å². The van der Waals surface area contributed by atoms with E-state index in [0.29, 0.717) is 48.7 Å². The molecule has 0 spiro atoms. The van der Waals surface area contributed by atoms with Crippen molar-refractivity contribution in [3.63, 3.8) is 0 Å². The number of nitrogens with two attached hydrogens (primary N) is 1. The summed E-state index contributed by atoms with van der Waals surface area (Å²) in [6.45, 7) is 3.09. The van der Waals surface area contributed by atoms with E-state index < -0.39 is 65.4 Å². The molecule has 1 aromatic heterocycles. The van der Waals surface area contributed by atoms with Crippen LogP contribution >= 0.6 is 0 Å². The van der Waals surface area contributed by atoms with Crippen LogP contribution in [0.2, 0.25) is 0 Å². The Balaban J connectivity index is 1.05. The Morgan fingerprint density at radius 2 is 1.75 bits per heavy atom. The highest BCUT2D eigenvalue weighted by Crippen LogP contribution is 2.35. The molecule has 4 aliphatic heterocycles. The first-order valence-corrected chi connectivity index (χ1v) is 18.0. The van der Waals surface area contributed by atoms with Gasteiger partial charge < -0.3 is 20.5 Å². The van der Waals surface area contributed by atoms with E-state index in [4.69, 9.17) is 15.2 Å². The number of halogens is 2. The second-order valence-corrected chi connectivity index (χ2v) is 14.1. The Morgan fingerprint density at radius 3 is 2.42 bits per heavy atom. The van der Waals surface area contributed by atoms with Crippen LogP contribution in [0, 0.1) is 29.5 Å². The number of amides is 6. The summed E-state index contributed by atoms with van der Waals surface area (Å²) in [6, 6.07) is 3.86. The summed E-state index contributed by atoms with van der Waals surface area (Å²) in [5, 5.41) is 5.80. The number of likely N-dealkylation sites (tertiary alicyclic amines) is 1. The Morgan fingerprint density at radius 1 is 1.02 bits per heavy atom. The maximum atomic E-state index is 15.3. The molecule has 6 amide bonds. The zero-order valence-electron chi connectivity index (χ0n) is 30.1. The van der Waals surface area contributed by atoms with Crippen molar-refractivity contribution in [2.24, 2.45) is 17.6 Å². The average Bonchev–Trinajstić information content (AvgIpc) is 3.58. The molecule has 0 bridgehead atoms. The Kier molecular flexibility index (Phi) is 10.2. The van der Waals surface area contributed by atoms with E-state index in [9.17, 15) is 33.2 Å². The topological polar surface area (TPSA) is 190 Å². The second-order valence-electron chi connectivity index (χ2n) is 14.1. The van der Waals surface area contributed by atoms with E-state index in [0.717, 1.165) is 11.0 Å². The quantitative estimate of drug-likeness (QED) is 0.216. The number of pyridine rings is 1. The molecule has 7 rings (SSSR count). The molecule has 4 atom stereocenters. The maximum Gasteiger partial charge on any atom is 0.262 e. The predicted octanol–water partition coefficient (Wildman–Crippen LogP) is 2.39. The van der Waals surface area contributed by atoms with Crippen molar-refractivity contribution >= 4 is 46.2 Å². The molecule has 4 N–H and O–H groups in total. The number of piperidine rings is 2. The van der Waals surface area contributed by atoms with Crippen LogP contribution in [0.4, 0.5) is 8.78 Å². The molecule has 1 unspecified atom stereocenters. The summed E-state index contributed by atoms with van der Waals surface area (Å²) >= 11 is 0. The molecule has 2 aromatic carbocycles. The maximum absolute atomic E-state index is 15.3. The molecule has 286 valence electrons. The smallest absolute Gasteiger partial charge is 0.262 e. The van der Waals surface area contributed by atoms with Gasteiger partial charge in [-0.25, -0.2) is 13.8 Å². The molecule has 16 heteroatoms. The number of nitrogens with zero attached hydrogens (tertiary/aromatic N) is 3. The minimum absolute atomic E-state index is 0.00367. The van der Waals surface area contributed by atoms with Crippen molar-refractivity contribution in [2.75, 3.05) is 26.8 Å². The number of benzene rings is 2. The third-order valence-electron chi connectivity index (χ3n) is 10.8. The molecule has 55 heavy (non-hydrogen) atoms. The van der Waals surface area contributed by atoms with Crippen molar-refractivity contribution in [1.82, 2.24) is 25.4 Å². The molecular formula is C39H38F2N6O8. The number of nitrogens with one attached hydrogen (secondary N) is 2. The average molecular weight is 757 g/mol. The van der Waals surface area contributed by atoms with Gasteiger partial charge in [0.2, 0.25) is 17.7 Å². The summed E-state index contributed by atoms with van der Waals surface area (Å²) in [6.07, 6.45) is 1.61. The zero-order valence-corrected chi connectivity index (χ0v) is 30.1. The Hall–Kier alpha value is -5.95. The first-order chi connectivity index (χ1) is 26.4. The third kappa shape index (κ3) is 7.07. The van der Waals surface area contributed by atoms with E-state index in [1.54, 1.807) is 19.1 Å². The van der Waals surface area contributed by atoms with Gasteiger partial charge in [0.25, 0.3) is 23.6 Å². The predicted molar refractivity (Wildman–Crippen MR) is 191 cm³/mol. The lowest BCUT2D eigenvalue weighted by atomic mass is 9.95. The monoisotopic (exact) mass is 756 g/mol. The van der Waals surface area contributed by atoms with Crippen LogP contribution in [0.15, 0.2) is 30.5 Å². The number of aromatic nitrogens is 1. The van der Waals surface area contributed by atoms with Crippen LogP contribution in [0.5, 0.6) is 11.6 Å². The number of fused-ring (bicyclic) bond motifs is 2. The van der Waals surface area contributed by atoms with Gasteiger partial charge in [-0.1, -0.05) is 18.8 Å². The highest BCUT2D eigenvalue weighted by molar-refractivity contribution is 6.23. The molecule has 5 heterocycles. The molecule has 0 saturated carbocycles. The lowest BCUT2D eigenvalue weighted by Gasteiger charge is -2.30. The summed E-state index contributed by atoms with van der Waals surface area (Å²) < 4.78 is 41.1. The van der Waals surface area contributed by atoms with Gasteiger partial charge in [-0.2, -0.15) is 0 Å². The molecule has 3 saturated heterocycles. The van der Waals surface area contributed by atoms with Gasteiger partial charge in [-0.3, -0.25) is 43.9 Å². The molecule has 4 aliphatic rings. The lowest BCUT2D eigenvalue weighted by molar-refractivity contribution is -0.136. The number of rotatable bonds is 9. The molecule has 3 aromatic rings. The number of ether oxygens (including phenoxy) is 2. The van der Waals surface area contributed by atoms with Crippen LogP contribution in [0.1, 0.15) is 81.2 Å². The SMILES string of the molecule is CC[C@@H]1[C@H](F)C(=O)N[C@@H]1COc1ncc(C#CC2CCN(Cc3cc4c(cc3F)C(=O)N(C3CCC(=O)NC3=O)C4=O)CC2)c2cc(C(N)=O)c(OC)cc12. The molecule has 3 fully saturated rings. The largest absolute Gasteiger partial charge is 0.496 e. The Bertz CT molecular complexity index is 2210. The van der Waals surface area contributed by atoms with Crippen LogP contribution in [0.25, 0.3) is 10.8 Å². The summed E-state index contributed by atoms with van der Waals surface area (Å²) in [5.74, 6) is 1.59. The van der Waals surface area contributed by atoms with Crippen LogP contribution in [0.3, 0.4) is 0 Å². The fourth-order valence-corrected chi connectivity index (χ4v) is 7.72. The summed E-state index contributed by atoms with van der Waals surface area (Å²) in [4.78, 5) is 81.9. The van der Waals surface area contributed by atoms with Gasteiger partial charge in [0.05, 0.1) is 35.4 Å². The number of carbonyl (C=O) groups excluding carboxylic acids is 6. The number of hydrogen-bond acceptors (Lipinski definition) is 10. The van der Waals surface area contributed by atoms with E-state index in [1.165, 1.54) is 19.4 Å². The van der Waals surface area contributed by atoms with Crippen molar-refractivity contribution < 1.29 is 47.0 Å². The van der Waals surface area contributed by atoms with E-state index >= 15 is 4.39 Å². The van der Waals surface area contributed by atoms with Gasteiger partial charge in [-0.05, 0) is 63.0 Å². The molecule has 14 nitrogen and oxygen atoms in total. The fourth-order valence-electron chi connectivity index (χ4n) is 7.72. The molecule has 0 radical (unpaired) electrons. The highest BCUT2D eigenvalue weighted by atomic mass is 19.1. The van der Waals surface area contributed by atoms with E-state index in [1.807, 2.05) is 4.90 Å². The summed E-state index contributed by atoms with van der Waals surface area (Å²) in [5.41, 5.74) is 6.43. The Labute approximate surface area is 314 Å². The number of primary amides is 1. The van der Waals surface area contributed by atoms with Gasteiger partial charge >= 0.3 is 0 Å². The fraction of sp³-hybridized carbons (Fsp3) is 0.410. The van der Waals surface area contributed by atoms with Gasteiger partial charge in [-0.15, -0.1) is 0 Å². The van der Waals surface area contributed by atoms with Crippen LogP contribution in [-0.2, 0) is 20.9 Å². The zero-order chi connectivity index (χ0) is 39.1. The number of alkyl halides is 1. The third-order valence-corrected chi connectivity index (χ3v) is 10.8. The van der Waals surface area contributed by atoms with Gasteiger partial charge in [0.15, 0.2) is 6.17 Å². The second kappa shape index (κ2) is 15.1. The van der Waals surface area contributed by atoms with Crippen molar-refractivity contribution in [3.8, 4) is 23.5 Å². The van der Waals surface area contributed by atoms with E-state index in [-0.39, 0.29) is 65.8 Å². The van der Waals surface area contributed by atoms with Crippen molar-refractivity contribution in [3.05, 3.63) is 64.1 Å². The van der Waals surface area contributed by atoms with Crippen molar-refractivity contribution in [1.29, 1.82) is 0 Å². The standard InChI is InChI=1S/C39H38F2N6O8/c1-3-22-29(44-36(51)33(22)41)18-55-37-24-15-31(54-2)27(34(42)49)13-23(24)20(16-43-37)5-4-19-8-10-46(11-9-19)17-21-12-25-26(14-28(21)40)39(53)47(38(25)52)30-6-7-32(48)45-35(30)50/h12-16,19,22,29-30,33H,3,6-11,17-18H2,1-2H3,(H2,42,49)(H,44,51)(H,45,48,50)/t22-,29+,30?,33-/m0/s1. The number of methoxy groups -OCH3 is 1. The first kappa shape index (κ1) is 37.4. The number of hydrogen-bond donors (Lipinski definition) is 3. The first-order valence-electron chi connectivity index (χ1n) is 18.0. The summed E-state index contributed by atoms with van der Waals surface area (Å²) in [7, 11) is 1.40. The van der Waals surface area contributed by atoms with Gasteiger partial charge in [0.1, 0.15) is 24.2 Å². The lowest BCUT2D eigenvalue weighted by Crippen LogP contribution is -2.54. The van der Waals surface area contributed by atoms with E-state index in [2.05, 4.69) is 27.5 Å². The molecule has 0 aliphatic carbocycles. The van der Waals surface area contributed by atoms with Crippen LogP contribution in [-0.4, -0.2) is 95.3 Å². The number of imide groups is 2. The van der Waals surface area contributed by atoms with Crippen molar-refractivity contribution in [2.45, 2.75) is 63.8 Å². The number of carbonyl (C=O) groups is 6. The highest BCUT2D eigenvalue weighted by Gasteiger charge is 2.45. The minimum Gasteiger partial charge on any atom is -0.496 e. The molecular weight excluding hydrogens is 718 g/mol. The minimum atomic E-state index is -1.62. The van der Waals surface area contributed by atoms with Crippen LogP contribution < -0.4 is 25.8 Å². The normalized spacial score (nSPS) is 23.0.